The van der Waals surface area contributed by atoms with E-state index >= 15 is 0 Å². The smallest absolute Gasteiger partial charge is 0.159 e. The Hall–Kier alpha value is -2.24. The molecule has 1 aliphatic rings. The molecule has 1 saturated heterocycles. The van der Waals surface area contributed by atoms with Crippen molar-refractivity contribution in [3.05, 3.63) is 71.4 Å². The molecule has 0 amide bonds. The third-order valence-corrected chi connectivity index (χ3v) is 5.30. The summed E-state index contributed by atoms with van der Waals surface area (Å²) in [5, 5.41) is 1.19. The number of aryl methyl sites for hydroxylation is 2. The number of halogens is 2. The van der Waals surface area contributed by atoms with Crippen LogP contribution in [-0.2, 0) is 28.9 Å². The predicted molar refractivity (Wildman–Crippen MR) is 105 cm³/mol. The number of fused-ring (bicyclic) bond motifs is 1. The third-order valence-electron chi connectivity index (χ3n) is 5.30. The molecule has 1 fully saturated rings. The number of rotatable bonds is 7. The summed E-state index contributed by atoms with van der Waals surface area (Å²) in [5.74, 6) is -1.59. The lowest BCUT2D eigenvalue weighted by atomic mass is 10.0. The van der Waals surface area contributed by atoms with Crippen molar-refractivity contribution in [1.82, 2.24) is 4.57 Å². The zero-order chi connectivity index (χ0) is 19.3. The molecule has 0 N–H and O–H groups in total. The summed E-state index contributed by atoms with van der Waals surface area (Å²) in [4.78, 5) is 0. The number of aromatic nitrogens is 1. The maximum absolute atomic E-state index is 13.4. The van der Waals surface area contributed by atoms with Gasteiger partial charge >= 0.3 is 0 Å². The molecule has 2 heterocycles. The normalized spacial score (nSPS) is 17.3. The van der Waals surface area contributed by atoms with E-state index in [0.29, 0.717) is 13.0 Å². The SMILES string of the molecule is Fc1ccc(CCc2ccc3ccn(CCOC4CCCCO4)c3c2)cc1F. The van der Waals surface area contributed by atoms with E-state index in [4.69, 9.17) is 9.47 Å². The summed E-state index contributed by atoms with van der Waals surface area (Å²) in [6, 6.07) is 12.6. The van der Waals surface area contributed by atoms with E-state index in [2.05, 4.69) is 35.0 Å². The Bertz CT molecular complexity index is 931. The third kappa shape index (κ3) is 4.59. The molecule has 0 aliphatic carbocycles. The van der Waals surface area contributed by atoms with Crippen LogP contribution in [0.25, 0.3) is 10.9 Å². The van der Waals surface area contributed by atoms with Gasteiger partial charge in [0.05, 0.1) is 6.61 Å². The minimum Gasteiger partial charge on any atom is -0.353 e. The summed E-state index contributed by atoms with van der Waals surface area (Å²) in [6.07, 6.45) is 6.72. The number of nitrogens with zero attached hydrogens (tertiary/aromatic N) is 1. The first kappa shape index (κ1) is 19.1. The molecule has 1 unspecified atom stereocenters. The van der Waals surface area contributed by atoms with Crippen LogP contribution >= 0.6 is 0 Å². The van der Waals surface area contributed by atoms with Gasteiger partial charge in [0.2, 0.25) is 0 Å². The Labute approximate surface area is 163 Å². The Kier molecular flexibility index (Phi) is 6.03. The van der Waals surface area contributed by atoms with Crippen molar-refractivity contribution >= 4 is 10.9 Å². The number of ether oxygens (including phenoxy) is 2. The zero-order valence-electron chi connectivity index (χ0n) is 15.9. The summed E-state index contributed by atoms with van der Waals surface area (Å²) in [5.41, 5.74) is 3.14. The molecule has 28 heavy (non-hydrogen) atoms. The van der Waals surface area contributed by atoms with Gasteiger partial charge in [-0.25, -0.2) is 8.78 Å². The Morgan fingerprint density at radius 3 is 2.57 bits per heavy atom. The van der Waals surface area contributed by atoms with E-state index in [9.17, 15) is 8.78 Å². The largest absolute Gasteiger partial charge is 0.353 e. The van der Waals surface area contributed by atoms with Crippen molar-refractivity contribution in [1.29, 1.82) is 0 Å². The van der Waals surface area contributed by atoms with Gasteiger partial charge in [-0.05, 0) is 72.9 Å². The minimum atomic E-state index is -0.802. The predicted octanol–water partition coefficient (Wildman–Crippen LogP) is 5.25. The van der Waals surface area contributed by atoms with Crippen LogP contribution in [0.15, 0.2) is 48.7 Å². The van der Waals surface area contributed by atoms with Gasteiger partial charge in [-0.15, -0.1) is 0 Å². The fourth-order valence-corrected chi connectivity index (χ4v) is 3.69. The van der Waals surface area contributed by atoms with Gasteiger partial charge < -0.3 is 14.0 Å². The first-order chi connectivity index (χ1) is 13.7. The summed E-state index contributed by atoms with van der Waals surface area (Å²) < 4.78 is 40.1. The topological polar surface area (TPSA) is 23.4 Å². The van der Waals surface area contributed by atoms with E-state index in [1.54, 1.807) is 6.07 Å². The van der Waals surface area contributed by atoms with Crippen LogP contribution in [0.4, 0.5) is 8.78 Å². The van der Waals surface area contributed by atoms with Crippen LogP contribution in [0, 0.1) is 11.6 Å². The van der Waals surface area contributed by atoms with E-state index in [1.165, 1.54) is 29.5 Å². The molecule has 2 aromatic carbocycles. The van der Waals surface area contributed by atoms with E-state index < -0.39 is 11.6 Å². The monoisotopic (exact) mass is 385 g/mol. The summed E-state index contributed by atoms with van der Waals surface area (Å²) in [6.45, 7) is 2.18. The van der Waals surface area contributed by atoms with E-state index in [-0.39, 0.29) is 6.29 Å². The standard InChI is InChI=1S/C23H25F2NO2/c24-20-9-7-17(15-21(20)25)4-5-18-6-8-19-10-11-26(22(19)16-18)12-14-28-23-3-1-2-13-27-23/h6-11,15-16,23H,1-5,12-14H2. The highest BCUT2D eigenvalue weighted by atomic mass is 19.2. The molecule has 1 aromatic heterocycles. The van der Waals surface area contributed by atoms with Crippen LogP contribution in [0.3, 0.4) is 0 Å². The van der Waals surface area contributed by atoms with Crippen molar-refractivity contribution in [2.45, 2.75) is 44.9 Å². The molecule has 0 spiro atoms. The van der Waals surface area contributed by atoms with Crippen molar-refractivity contribution in [3.8, 4) is 0 Å². The van der Waals surface area contributed by atoms with Crippen LogP contribution < -0.4 is 0 Å². The summed E-state index contributed by atoms with van der Waals surface area (Å²) in [7, 11) is 0. The Morgan fingerprint density at radius 1 is 0.964 bits per heavy atom. The highest BCUT2D eigenvalue weighted by Gasteiger charge is 2.14. The molecule has 3 nitrogen and oxygen atoms in total. The maximum atomic E-state index is 13.4. The fraction of sp³-hybridized carbons (Fsp3) is 0.391. The van der Waals surface area contributed by atoms with Crippen molar-refractivity contribution < 1.29 is 18.3 Å². The molecule has 1 atom stereocenters. The van der Waals surface area contributed by atoms with Gasteiger partial charge in [0.25, 0.3) is 0 Å². The molecule has 3 aromatic rings. The average Bonchev–Trinajstić information content (AvgIpc) is 3.12. The lowest BCUT2D eigenvalue weighted by molar-refractivity contribution is -0.163. The second kappa shape index (κ2) is 8.84. The molecular formula is C23H25F2NO2. The van der Waals surface area contributed by atoms with E-state index in [0.717, 1.165) is 43.5 Å². The molecular weight excluding hydrogens is 360 g/mol. The first-order valence-electron chi connectivity index (χ1n) is 9.94. The first-order valence-corrected chi connectivity index (χ1v) is 9.94. The highest BCUT2D eigenvalue weighted by Crippen LogP contribution is 2.20. The van der Waals surface area contributed by atoms with Crippen LogP contribution in [-0.4, -0.2) is 24.1 Å². The van der Waals surface area contributed by atoms with Gasteiger partial charge in [-0.2, -0.15) is 0 Å². The molecule has 5 heteroatoms. The lowest BCUT2D eigenvalue weighted by Crippen LogP contribution is -2.23. The number of benzene rings is 2. The molecule has 4 rings (SSSR count). The second-order valence-corrected chi connectivity index (χ2v) is 7.32. The van der Waals surface area contributed by atoms with Gasteiger partial charge in [0.15, 0.2) is 17.9 Å². The molecule has 0 saturated carbocycles. The zero-order valence-corrected chi connectivity index (χ0v) is 15.9. The average molecular weight is 385 g/mol. The Morgan fingerprint density at radius 2 is 1.79 bits per heavy atom. The highest BCUT2D eigenvalue weighted by molar-refractivity contribution is 5.80. The van der Waals surface area contributed by atoms with Gasteiger partial charge in [0.1, 0.15) is 0 Å². The number of hydrogen-bond acceptors (Lipinski definition) is 2. The fourth-order valence-electron chi connectivity index (χ4n) is 3.69. The van der Waals surface area contributed by atoms with Crippen LogP contribution in [0.1, 0.15) is 30.4 Å². The van der Waals surface area contributed by atoms with Crippen molar-refractivity contribution in [3.63, 3.8) is 0 Å². The van der Waals surface area contributed by atoms with Crippen LogP contribution in [0.5, 0.6) is 0 Å². The van der Waals surface area contributed by atoms with E-state index in [1.807, 2.05) is 0 Å². The molecule has 148 valence electrons. The Balaban J connectivity index is 1.38. The van der Waals surface area contributed by atoms with Crippen LogP contribution in [0.2, 0.25) is 0 Å². The minimum absolute atomic E-state index is 0.0674. The van der Waals surface area contributed by atoms with Gasteiger partial charge in [-0.3, -0.25) is 0 Å². The lowest BCUT2D eigenvalue weighted by Gasteiger charge is -2.22. The molecule has 0 bridgehead atoms. The molecule has 1 aliphatic heterocycles. The quantitative estimate of drug-likeness (QED) is 0.555. The van der Waals surface area contributed by atoms with Gasteiger partial charge in [-0.1, -0.05) is 18.2 Å². The number of hydrogen-bond donors (Lipinski definition) is 0. The maximum Gasteiger partial charge on any atom is 0.159 e. The van der Waals surface area contributed by atoms with Crippen molar-refractivity contribution in [2.75, 3.05) is 13.2 Å². The van der Waals surface area contributed by atoms with Gasteiger partial charge in [0, 0.05) is 24.9 Å². The summed E-state index contributed by atoms with van der Waals surface area (Å²) >= 11 is 0. The second-order valence-electron chi connectivity index (χ2n) is 7.32. The van der Waals surface area contributed by atoms with Crippen molar-refractivity contribution in [2.24, 2.45) is 0 Å². The molecule has 0 radical (unpaired) electrons.